The average molecular weight is 792 g/mol. The highest BCUT2D eigenvalue weighted by atomic mass is 16.5. The summed E-state index contributed by atoms with van der Waals surface area (Å²) in [6.07, 6.45) is 52.1. The van der Waals surface area contributed by atoms with Crippen molar-refractivity contribution < 1.29 is 24.5 Å². The van der Waals surface area contributed by atoms with Crippen LogP contribution in [-0.4, -0.2) is 47.4 Å². The van der Waals surface area contributed by atoms with Crippen molar-refractivity contribution in [1.29, 1.82) is 0 Å². The van der Waals surface area contributed by atoms with Gasteiger partial charge in [0, 0.05) is 12.8 Å². The van der Waals surface area contributed by atoms with Crippen LogP contribution in [-0.2, 0) is 14.3 Å². The largest absolute Gasteiger partial charge is 0.466 e. The molecule has 3 N–H and O–H groups in total. The van der Waals surface area contributed by atoms with E-state index in [2.05, 4.69) is 19.2 Å². The molecular formula is C50H97NO5. The molecular weight excluding hydrogens is 695 g/mol. The Hall–Kier alpha value is -1.40. The third-order valence-electron chi connectivity index (χ3n) is 11.6. The number of amides is 1. The Kier molecular flexibility index (Phi) is 45.1. The van der Waals surface area contributed by atoms with Crippen molar-refractivity contribution in [3.63, 3.8) is 0 Å². The molecule has 0 aliphatic heterocycles. The lowest BCUT2D eigenvalue weighted by atomic mass is 10.0. The van der Waals surface area contributed by atoms with Gasteiger partial charge >= 0.3 is 5.97 Å². The molecule has 0 aromatic carbocycles. The predicted octanol–water partition coefficient (Wildman–Crippen LogP) is 14.6. The third-order valence-corrected chi connectivity index (χ3v) is 11.6. The maximum Gasteiger partial charge on any atom is 0.305 e. The van der Waals surface area contributed by atoms with Crippen molar-refractivity contribution in [1.82, 2.24) is 5.32 Å². The van der Waals surface area contributed by atoms with Crippen LogP contribution < -0.4 is 5.32 Å². The van der Waals surface area contributed by atoms with Crippen molar-refractivity contribution in [3.8, 4) is 0 Å². The molecule has 0 aromatic heterocycles. The standard InChI is InChI=1S/C50H97NO5/c1-3-5-7-9-11-13-15-16-17-18-19-20-21-24-28-32-36-40-44-50(55)56-45-41-37-33-29-25-22-23-27-31-35-39-43-49(54)51-47(46-52)48(53)42-38-34-30-26-14-12-10-8-6-4-2/h38,42,47-48,52-53H,3-37,39-41,43-46H2,1-2H3,(H,51,54)/b42-38+. The summed E-state index contributed by atoms with van der Waals surface area (Å²) in [6.45, 7) is 4.85. The maximum atomic E-state index is 12.4. The fourth-order valence-corrected chi connectivity index (χ4v) is 7.69. The van der Waals surface area contributed by atoms with Gasteiger partial charge in [-0.1, -0.05) is 238 Å². The van der Waals surface area contributed by atoms with E-state index in [9.17, 15) is 19.8 Å². The molecule has 0 spiro atoms. The average Bonchev–Trinajstić information content (AvgIpc) is 3.20. The molecule has 1 amide bonds. The van der Waals surface area contributed by atoms with Crippen molar-refractivity contribution in [2.24, 2.45) is 0 Å². The van der Waals surface area contributed by atoms with Crippen LogP contribution in [0.25, 0.3) is 0 Å². The van der Waals surface area contributed by atoms with Crippen molar-refractivity contribution >= 4 is 11.9 Å². The topological polar surface area (TPSA) is 95.9 Å². The van der Waals surface area contributed by atoms with Gasteiger partial charge in [0.15, 0.2) is 0 Å². The molecule has 0 radical (unpaired) electrons. The fraction of sp³-hybridized carbons (Fsp3) is 0.920. The number of rotatable bonds is 46. The fourth-order valence-electron chi connectivity index (χ4n) is 7.69. The number of allylic oxidation sites excluding steroid dienone is 1. The Labute approximate surface area is 349 Å². The van der Waals surface area contributed by atoms with Crippen molar-refractivity contribution in [2.75, 3.05) is 13.2 Å². The molecule has 0 rings (SSSR count). The van der Waals surface area contributed by atoms with Gasteiger partial charge in [-0.25, -0.2) is 0 Å². The Bertz CT molecular complexity index is 832. The minimum absolute atomic E-state index is 0.0116. The first-order valence-corrected chi connectivity index (χ1v) is 25.0. The minimum Gasteiger partial charge on any atom is -0.466 e. The number of carbonyl (C=O) groups is 2. The number of nitrogens with one attached hydrogen (secondary N) is 1. The maximum absolute atomic E-state index is 12.4. The Morgan fingerprint density at radius 1 is 0.482 bits per heavy atom. The van der Waals surface area contributed by atoms with Gasteiger partial charge in [0.05, 0.1) is 25.4 Å². The highest BCUT2D eigenvalue weighted by molar-refractivity contribution is 5.76. The predicted molar refractivity (Wildman–Crippen MR) is 241 cm³/mol. The van der Waals surface area contributed by atoms with E-state index in [0.717, 1.165) is 57.8 Å². The molecule has 2 atom stereocenters. The molecule has 56 heavy (non-hydrogen) atoms. The molecule has 0 aromatic rings. The van der Waals surface area contributed by atoms with Gasteiger partial charge in [0.25, 0.3) is 0 Å². The number of carbonyl (C=O) groups excluding carboxylic acids is 2. The van der Waals surface area contributed by atoms with Crippen LogP contribution in [0.4, 0.5) is 0 Å². The number of ether oxygens (including phenoxy) is 1. The zero-order valence-corrected chi connectivity index (χ0v) is 37.6. The molecule has 0 heterocycles. The van der Waals surface area contributed by atoms with Gasteiger partial charge in [-0.2, -0.15) is 0 Å². The normalized spacial score (nSPS) is 12.7. The smallest absolute Gasteiger partial charge is 0.305 e. The quantitative estimate of drug-likeness (QED) is 0.0324. The monoisotopic (exact) mass is 792 g/mol. The molecule has 6 heteroatoms. The van der Waals surface area contributed by atoms with E-state index in [1.807, 2.05) is 6.08 Å². The second-order valence-electron chi connectivity index (χ2n) is 17.2. The SMILES string of the molecule is CCCCCCCCCC/C=C/C(O)C(CO)NC(=O)CCCCCCCCCCCCCOC(=O)CCCCCCCCCCCCCCCCCCCC. The van der Waals surface area contributed by atoms with Crippen molar-refractivity contribution in [3.05, 3.63) is 12.2 Å². The molecule has 0 bridgehead atoms. The van der Waals surface area contributed by atoms with Crippen molar-refractivity contribution in [2.45, 2.75) is 283 Å². The van der Waals surface area contributed by atoms with Gasteiger partial charge in [0.2, 0.25) is 5.91 Å². The molecule has 2 unspecified atom stereocenters. The number of unbranched alkanes of at least 4 members (excludes halogenated alkanes) is 35. The molecule has 0 aliphatic carbocycles. The summed E-state index contributed by atoms with van der Waals surface area (Å²) < 4.78 is 5.47. The molecule has 0 fully saturated rings. The van der Waals surface area contributed by atoms with Crippen LogP contribution in [0, 0.1) is 0 Å². The Morgan fingerprint density at radius 2 is 0.821 bits per heavy atom. The van der Waals surface area contributed by atoms with E-state index in [0.29, 0.717) is 19.4 Å². The summed E-state index contributed by atoms with van der Waals surface area (Å²) >= 11 is 0. The molecule has 0 saturated carbocycles. The first-order valence-electron chi connectivity index (χ1n) is 25.0. The van der Waals surface area contributed by atoms with E-state index >= 15 is 0 Å². The summed E-state index contributed by atoms with van der Waals surface area (Å²) in [4.78, 5) is 24.4. The van der Waals surface area contributed by atoms with E-state index in [-0.39, 0.29) is 18.5 Å². The zero-order chi connectivity index (χ0) is 40.8. The van der Waals surface area contributed by atoms with Crippen LogP contribution in [0.2, 0.25) is 0 Å². The number of aliphatic hydroxyl groups is 2. The number of hydrogen-bond acceptors (Lipinski definition) is 5. The van der Waals surface area contributed by atoms with Gasteiger partial charge in [-0.15, -0.1) is 0 Å². The Morgan fingerprint density at radius 3 is 1.21 bits per heavy atom. The highest BCUT2D eigenvalue weighted by Gasteiger charge is 2.18. The lowest BCUT2D eigenvalue weighted by Crippen LogP contribution is -2.45. The van der Waals surface area contributed by atoms with Crippen LogP contribution in [0.15, 0.2) is 12.2 Å². The summed E-state index contributed by atoms with van der Waals surface area (Å²) in [5.74, 6) is -0.0995. The minimum atomic E-state index is -0.853. The second-order valence-corrected chi connectivity index (χ2v) is 17.2. The zero-order valence-electron chi connectivity index (χ0n) is 37.6. The number of hydrogen-bond donors (Lipinski definition) is 3. The van der Waals surface area contributed by atoms with Crippen LogP contribution in [0.3, 0.4) is 0 Å². The number of esters is 1. The summed E-state index contributed by atoms with van der Waals surface area (Å²) in [7, 11) is 0. The summed E-state index contributed by atoms with van der Waals surface area (Å²) in [5, 5.41) is 22.9. The first kappa shape index (κ1) is 54.6. The van der Waals surface area contributed by atoms with Crippen LogP contribution in [0.1, 0.15) is 271 Å². The first-order chi connectivity index (χ1) is 27.5. The lowest BCUT2D eigenvalue weighted by Gasteiger charge is -2.20. The molecule has 332 valence electrons. The Balaban J connectivity index is 3.44. The van der Waals surface area contributed by atoms with E-state index in [1.165, 1.54) is 186 Å². The van der Waals surface area contributed by atoms with E-state index < -0.39 is 12.1 Å². The number of aliphatic hydroxyl groups excluding tert-OH is 2. The van der Waals surface area contributed by atoms with Gasteiger partial charge in [-0.3, -0.25) is 9.59 Å². The van der Waals surface area contributed by atoms with Crippen LogP contribution in [0.5, 0.6) is 0 Å². The molecule has 0 saturated heterocycles. The molecule has 0 aliphatic rings. The van der Waals surface area contributed by atoms with Crippen LogP contribution >= 0.6 is 0 Å². The van der Waals surface area contributed by atoms with E-state index in [1.54, 1.807) is 6.08 Å². The lowest BCUT2D eigenvalue weighted by molar-refractivity contribution is -0.143. The van der Waals surface area contributed by atoms with Gasteiger partial charge in [0.1, 0.15) is 0 Å². The van der Waals surface area contributed by atoms with Gasteiger partial charge in [-0.05, 0) is 32.1 Å². The van der Waals surface area contributed by atoms with E-state index in [4.69, 9.17) is 4.74 Å². The van der Waals surface area contributed by atoms with Gasteiger partial charge < -0.3 is 20.3 Å². The molecule has 6 nitrogen and oxygen atoms in total. The summed E-state index contributed by atoms with van der Waals surface area (Å²) in [6, 6.07) is -0.638. The third kappa shape index (κ3) is 42.2. The second kappa shape index (κ2) is 46.3. The summed E-state index contributed by atoms with van der Waals surface area (Å²) in [5.41, 5.74) is 0. The highest BCUT2D eigenvalue weighted by Crippen LogP contribution is 2.16.